The van der Waals surface area contributed by atoms with E-state index < -0.39 is 0 Å². The van der Waals surface area contributed by atoms with Gasteiger partial charge in [0, 0.05) is 140 Å². The number of hydrogen-bond acceptors (Lipinski definition) is 6. The fourth-order valence-corrected chi connectivity index (χ4v) is 13.1. The Morgan fingerprint density at radius 1 is 0.230 bits per heavy atom. The fraction of sp³-hybridized carbons (Fsp3) is 0.0297. The van der Waals surface area contributed by atoms with Gasteiger partial charge in [0.15, 0.2) is 0 Å². The van der Waals surface area contributed by atoms with Gasteiger partial charge in [0.05, 0.1) is 0 Å². The van der Waals surface area contributed by atoms with Crippen LogP contribution in [0.4, 0.5) is 8.78 Å². The number of rotatable bonds is 6. The molecule has 20 aromatic rings. The summed E-state index contributed by atoms with van der Waals surface area (Å²) in [4.78, 5) is 26.7. The molecule has 0 unspecified atom stereocenters. The van der Waals surface area contributed by atoms with Crippen molar-refractivity contribution >= 4 is 86.2 Å². The minimum Gasteiger partial charge on any atom is -0.305 e. The van der Waals surface area contributed by atoms with Crippen LogP contribution < -0.4 is 0 Å². The molecule has 0 amide bonds. The van der Waals surface area contributed by atoms with Crippen molar-refractivity contribution in [3.63, 3.8) is 0 Å². The van der Waals surface area contributed by atoms with Gasteiger partial charge in [-0.15, -0.1) is 197 Å². The summed E-state index contributed by atoms with van der Waals surface area (Å²) in [6.45, 7) is 5.84. The molecule has 14 aromatic carbocycles. The van der Waals surface area contributed by atoms with Crippen LogP contribution in [0.5, 0.6) is 0 Å². The summed E-state index contributed by atoms with van der Waals surface area (Å²) in [6, 6.07) is 125. The van der Waals surface area contributed by atoms with E-state index in [1.165, 1.54) is 99.2 Å². The number of halogens is 2. The third-order valence-corrected chi connectivity index (χ3v) is 18.7. The van der Waals surface area contributed by atoms with Gasteiger partial charge >= 0.3 is 0 Å². The Labute approximate surface area is 710 Å². The second-order valence-electron chi connectivity index (χ2n) is 26.1. The number of hydrogen-bond donors (Lipinski definition) is 0. The van der Waals surface area contributed by atoms with Crippen LogP contribution in [0.25, 0.3) is 154 Å². The van der Waals surface area contributed by atoms with Crippen molar-refractivity contribution in [2.24, 2.45) is 0 Å². The van der Waals surface area contributed by atoms with E-state index in [-0.39, 0.29) is 92.1 Å². The van der Waals surface area contributed by atoms with E-state index >= 15 is 0 Å². The number of pyridine rings is 6. The maximum Gasteiger partial charge on any atom is 0.0408 e. The predicted octanol–water partition coefficient (Wildman–Crippen LogP) is 25.7. The minimum atomic E-state index is -0.276. The van der Waals surface area contributed by atoms with Crippen LogP contribution in [0.2, 0.25) is 0 Å². The first-order chi connectivity index (χ1) is 53.6. The molecule has 12 heteroatoms. The standard InChI is InChI=1S/C20H13FN.C20H14N.2C19H12N.C12H9FN.C11H8N.4Ir/c1-13-10-15(8-9-19(13)21)20-11-18-16(12-22-20)7-6-14-4-2-3-5-17(14)18;1-14-5-4-7-17(11-14)20-12-16-10-9-15-6-2-3-8-18(15)19(16)13-21-20;1-2-7-15(8-3-1)19-12-18-16(13-20-19)11-10-14-6-4-5-9-17(14)18;1-2-7-15(8-3-1)19-12-16-11-10-14-6-4-5-9-17(14)18(16)13-20-19;1-9-6-7-14-12(8-9)10-2-4-11(13)5-3-10;1-2-6-10(7-3-1)11-8-4-5-9-12-11;;;;/h2-7,9-12H,1H3;2-6,8-13H,1H3;2*1-7,9-13H;2,4-8H,1H3;1-6,8-9H;;;;/q6*-1;;;;. The summed E-state index contributed by atoms with van der Waals surface area (Å²) >= 11 is 0. The Morgan fingerprint density at radius 3 is 1.07 bits per heavy atom. The van der Waals surface area contributed by atoms with Crippen molar-refractivity contribution in [1.29, 1.82) is 0 Å². The van der Waals surface area contributed by atoms with Gasteiger partial charge in [0.2, 0.25) is 0 Å². The molecule has 0 aliphatic heterocycles. The zero-order chi connectivity index (χ0) is 74.3. The Hall–Kier alpha value is -11.5. The first-order valence-electron chi connectivity index (χ1n) is 35.8. The molecule has 6 heterocycles. The van der Waals surface area contributed by atoms with Gasteiger partial charge in [-0.05, 0) is 129 Å². The van der Waals surface area contributed by atoms with Gasteiger partial charge in [0.1, 0.15) is 0 Å². The summed E-state index contributed by atoms with van der Waals surface area (Å²) in [5.41, 5.74) is 14.3. The van der Waals surface area contributed by atoms with Crippen molar-refractivity contribution in [2.75, 3.05) is 0 Å². The Morgan fingerprint density at radius 2 is 0.611 bits per heavy atom. The molecule has 0 atom stereocenters. The molecule has 6 nitrogen and oxygen atoms in total. The molecule has 0 aliphatic carbocycles. The van der Waals surface area contributed by atoms with E-state index in [0.29, 0.717) is 5.56 Å². The fourth-order valence-electron chi connectivity index (χ4n) is 13.1. The average Bonchev–Trinajstić information content (AvgIpc) is 0.797. The summed E-state index contributed by atoms with van der Waals surface area (Å²) in [6.07, 6.45) is 11.3. The van der Waals surface area contributed by atoms with Crippen LogP contribution in [-0.2, 0) is 80.4 Å². The van der Waals surface area contributed by atoms with Gasteiger partial charge < -0.3 is 29.9 Å². The van der Waals surface area contributed by atoms with Gasteiger partial charge in [-0.1, -0.05) is 213 Å². The number of nitrogens with zero attached hydrogens (tertiary/aromatic N) is 6. The van der Waals surface area contributed by atoms with Crippen LogP contribution in [0, 0.1) is 68.8 Å². The molecule has 0 fully saturated rings. The Kier molecular flexibility index (Phi) is 28.9. The number of aryl methyl sites for hydroxylation is 3. The molecule has 6 aromatic heterocycles. The molecule has 0 aliphatic rings. The molecule has 4 radical (unpaired) electrons. The molecule has 113 heavy (non-hydrogen) atoms. The van der Waals surface area contributed by atoms with Crippen molar-refractivity contribution in [3.05, 3.63) is 423 Å². The van der Waals surface area contributed by atoms with Gasteiger partial charge in [-0.2, -0.15) is 0 Å². The minimum absolute atomic E-state index is 0. The van der Waals surface area contributed by atoms with Crippen molar-refractivity contribution < 1.29 is 89.2 Å². The summed E-state index contributed by atoms with van der Waals surface area (Å²) in [7, 11) is 0. The second-order valence-corrected chi connectivity index (χ2v) is 26.1. The van der Waals surface area contributed by atoms with Crippen LogP contribution in [0.1, 0.15) is 16.7 Å². The number of fused-ring (bicyclic) bond motifs is 12. The van der Waals surface area contributed by atoms with E-state index in [9.17, 15) is 8.78 Å². The van der Waals surface area contributed by atoms with Crippen LogP contribution >= 0.6 is 0 Å². The van der Waals surface area contributed by atoms with Crippen LogP contribution in [-0.4, -0.2) is 29.9 Å². The Bertz CT molecular complexity index is 6530. The second kappa shape index (κ2) is 39.6. The summed E-state index contributed by atoms with van der Waals surface area (Å²) < 4.78 is 26.1. The van der Waals surface area contributed by atoms with Crippen molar-refractivity contribution in [2.45, 2.75) is 20.8 Å². The van der Waals surface area contributed by atoms with E-state index in [0.717, 1.165) is 83.9 Å². The van der Waals surface area contributed by atoms with E-state index in [4.69, 9.17) is 0 Å². The molecule has 0 N–H and O–H groups in total. The molecule has 0 bridgehead atoms. The van der Waals surface area contributed by atoms with Gasteiger partial charge in [-0.3, -0.25) is 8.78 Å². The quantitative estimate of drug-likeness (QED) is 0.122. The third kappa shape index (κ3) is 20.2. The number of benzene rings is 14. The topological polar surface area (TPSA) is 77.3 Å². The summed E-state index contributed by atoms with van der Waals surface area (Å²) in [5, 5.41) is 19.4. The average molecular weight is 2170 g/mol. The van der Waals surface area contributed by atoms with E-state index in [1.54, 1.807) is 31.5 Å². The molecule has 20 rings (SSSR count). The number of aromatic nitrogens is 6. The first-order valence-corrected chi connectivity index (χ1v) is 35.8. The van der Waals surface area contributed by atoms with Crippen LogP contribution in [0.3, 0.4) is 0 Å². The van der Waals surface area contributed by atoms with E-state index in [1.807, 2.05) is 153 Å². The molecular formula is C101H68F2Ir4N6-6. The smallest absolute Gasteiger partial charge is 0.0408 e. The normalized spacial score (nSPS) is 10.4. The zero-order valence-electron chi connectivity index (χ0n) is 61.3. The monoisotopic (exact) mass is 2170 g/mol. The summed E-state index contributed by atoms with van der Waals surface area (Å²) in [5.74, 6) is -0.517. The maximum absolute atomic E-state index is 13.4. The van der Waals surface area contributed by atoms with Crippen LogP contribution in [0.15, 0.2) is 359 Å². The Balaban J connectivity index is 0.000000134. The molecular weight excluding hydrogens is 2100 g/mol. The largest absolute Gasteiger partial charge is 0.305 e. The zero-order valence-corrected chi connectivity index (χ0v) is 70.9. The molecule has 0 saturated heterocycles. The van der Waals surface area contributed by atoms with Crippen molar-refractivity contribution in [1.82, 2.24) is 29.9 Å². The van der Waals surface area contributed by atoms with Gasteiger partial charge in [0.25, 0.3) is 0 Å². The van der Waals surface area contributed by atoms with Gasteiger partial charge in [-0.25, -0.2) is 0 Å². The molecule has 0 saturated carbocycles. The maximum atomic E-state index is 13.4. The van der Waals surface area contributed by atoms with Crippen molar-refractivity contribution in [3.8, 4) is 67.5 Å². The van der Waals surface area contributed by atoms with E-state index in [2.05, 4.69) is 243 Å². The molecule has 0 spiro atoms. The first kappa shape index (κ1) is 82.5. The SMILES string of the molecule is Cc1cc(-c2cc3c(ccc4ccccc43)cn2)[c-]cc1F.Cc1cc[c-]c(-c2cc3ccc4ccccc4c3cn2)c1.Cc1ccnc(-c2[c-]cc(F)cc2)c1.[Ir].[Ir].[Ir].[Ir].[c-]1ccccc1-c1cc2c(ccc3ccccc32)cn1.[c-]1ccccc1-c1cc2ccc3ccccc3c2cn1.[c-]1ccccc1-c1ccccn1. The molecule has 558 valence electrons. The third-order valence-electron chi connectivity index (χ3n) is 18.7. The predicted molar refractivity (Wildman–Crippen MR) is 445 cm³/mol.